The monoisotopic (exact) mass is 463 g/mol. The highest BCUT2D eigenvalue weighted by atomic mass is 32.1. The van der Waals surface area contributed by atoms with E-state index in [-0.39, 0.29) is 18.5 Å². The summed E-state index contributed by atoms with van der Waals surface area (Å²) in [6.45, 7) is 1.68. The van der Waals surface area contributed by atoms with Gasteiger partial charge in [0.1, 0.15) is 18.8 Å². The molecule has 0 atom stereocenters. The van der Waals surface area contributed by atoms with E-state index in [9.17, 15) is 9.59 Å². The fourth-order valence-corrected chi connectivity index (χ4v) is 4.21. The maximum atomic E-state index is 12.6. The maximum Gasteiger partial charge on any atom is 0.327 e. The van der Waals surface area contributed by atoms with Crippen molar-refractivity contribution in [3.63, 3.8) is 0 Å². The minimum absolute atomic E-state index is 0.0499. The predicted molar refractivity (Wildman–Crippen MR) is 125 cm³/mol. The first kappa shape index (κ1) is 21.0. The van der Waals surface area contributed by atoms with Gasteiger partial charge in [-0.05, 0) is 30.3 Å². The second kappa shape index (κ2) is 9.35. The molecular weight excluding hydrogens is 442 g/mol. The molecule has 0 saturated carbocycles. The fourth-order valence-electron chi connectivity index (χ4n) is 3.61. The van der Waals surface area contributed by atoms with Gasteiger partial charge >= 0.3 is 6.03 Å². The number of nitrogens with zero attached hydrogens (tertiary/aromatic N) is 5. The molecule has 11 heteroatoms. The fraction of sp³-hybridized carbons (Fsp3) is 0.227. The van der Waals surface area contributed by atoms with E-state index in [2.05, 4.69) is 25.6 Å². The van der Waals surface area contributed by atoms with Crippen LogP contribution in [0.2, 0.25) is 0 Å². The third-order valence-corrected chi connectivity index (χ3v) is 6.10. The van der Waals surface area contributed by atoms with Crippen molar-refractivity contribution in [2.45, 2.75) is 6.42 Å². The Hall–Kier alpha value is -3.83. The summed E-state index contributed by atoms with van der Waals surface area (Å²) in [6, 6.07) is 9.08. The molecule has 0 spiro atoms. The van der Waals surface area contributed by atoms with E-state index in [1.54, 1.807) is 40.2 Å². The summed E-state index contributed by atoms with van der Waals surface area (Å²) < 4.78 is 6.66. The third-order valence-electron chi connectivity index (χ3n) is 5.26. The molecule has 33 heavy (non-hydrogen) atoms. The summed E-state index contributed by atoms with van der Waals surface area (Å²) in [4.78, 5) is 40.2. The molecule has 1 saturated heterocycles. The Morgan fingerprint density at radius 1 is 1.18 bits per heavy atom. The maximum absolute atomic E-state index is 12.6. The van der Waals surface area contributed by atoms with Gasteiger partial charge < -0.3 is 20.3 Å². The van der Waals surface area contributed by atoms with Crippen molar-refractivity contribution in [2.75, 3.05) is 36.5 Å². The number of hydrogen-bond acceptors (Lipinski definition) is 8. The van der Waals surface area contributed by atoms with Crippen molar-refractivity contribution in [1.82, 2.24) is 24.8 Å². The Balaban J connectivity index is 1.28. The van der Waals surface area contributed by atoms with Crippen molar-refractivity contribution in [3.8, 4) is 0 Å². The number of fused-ring (bicyclic) bond motifs is 1. The van der Waals surface area contributed by atoms with Crippen LogP contribution in [-0.4, -0.2) is 57.8 Å². The summed E-state index contributed by atoms with van der Waals surface area (Å²) >= 11 is 1.56. The second-order valence-electron chi connectivity index (χ2n) is 7.36. The SMILES string of the molecule is O=C1COCCN1c1ccc(Nc2ncnc3c2ccn3C(=O)NCCc2cncs2)cc1. The smallest absolute Gasteiger partial charge is 0.327 e. The lowest BCUT2D eigenvalue weighted by Crippen LogP contribution is -2.41. The van der Waals surface area contributed by atoms with Crippen molar-refractivity contribution in [1.29, 1.82) is 0 Å². The molecule has 2 amide bonds. The molecule has 5 rings (SSSR count). The van der Waals surface area contributed by atoms with Gasteiger partial charge in [0.05, 0.1) is 17.5 Å². The molecule has 0 unspecified atom stereocenters. The van der Waals surface area contributed by atoms with Crippen LogP contribution in [0.5, 0.6) is 0 Å². The van der Waals surface area contributed by atoms with E-state index in [0.29, 0.717) is 31.2 Å². The Morgan fingerprint density at radius 3 is 2.85 bits per heavy atom. The lowest BCUT2D eigenvalue weighted by atomic mass is 10.2. The second-order valence-corrected chi connectivity index (χ2v) is 8.34. The van der Waals surface area contributed by atoms with Crippen LogP contribution in [0, 0.1) is 0 Å². The summed E-state index contributed by atoms with van der Waals surface area (Å²) in [5.41, 5.74) is 3.92. The largest absolute Gasteiger partial charge is 0.370 e. The standard InChI is InChI=1S/C22H21N7O3S/c30-19-12-32-10-9-28(19)16-3-1-15(2-4-16)27-20-18-6-8-29(21(18)26-13-25-20)22(31)24-7-5-17-11-23-14-33-17/h1-4,6,8,11,13-14H,5,7,9-10,12H2,(H,24,31)(H,25,26,27). The van der Waals surface area contributed by atoms with Gasteiger partial charge in [-0.25, -0.2) is 14.8 Å². The highest BCUT2D eigenvalue weighted by Crippen LogP contribution is 2.26. The van der Waals surface area contributed by atoms with Crippen LogP contribution in [-0.2, 0) is 16.0 Å². The number of benzene rings is 1. The molecule has 0 bridgehead atoms. The van der Waals surface area contributed by atoms with Gasteiger partial charge in [-0.15, -0.1) is 11.3 Å². The van der Waals surface area contributed by atoms with E-state index < -0.39 is 0 Å². The topological polar surface area (TPSA) is 114 Å². The molecule has 1 aliphatic rings. The molecule has 1 aromatic carbocycles. The van der Waals surface area contributed by atoms with E-state index in [0.717, 1.165) is 28.1 Å². The number of thiazole rings is 1. The zero-order valence-corrected chi connectivity index (χ0v) is 18.4. The number of anilines is 3. The molecule has 1 aliphatic heterocycles. The van der Waals surface area contributed by atoms with E-state index >= 15 is 0 Å². The van der Waals surface area contributed by atoms with Crippen LogP contribution in [0.15, 0.2) is 54.6 Å². The van der Waals surface area contributed by atoms with Crippen molar-refractivity contribution in [2.24, 2.45) is 0 Å². The summed E-state index contributed by atoms with van der Waals surface area (Å²) in [7, 11) is 0. The van der Waals surface area contributed by atoms with Crippen LogP contribution >= 0.6 is 11.3 Å². The van der Waals surface area contributed by atoms with Crippen LogP contribution in [0.3, 0.4) is 0 Å². The Labute approximate surface area is 193 Å². The molecule has 10 nitrogen and oxygen atoms in total. The van der Waals surface area contributed by atoms with Crippen LogP contribution in [0.25, 0.3) is 11.0 Å². The Kier molecular flexibility index (Phi) is 5.96. The van der Waals surface area contributed by atoms with Gasteiger partial charge in [-0.1, -0.05) is 0 Å². The van der Waals surface area contributed by atoms with E-state index in [4.69, 9.17) is 4.74 Å². The number of hydrogen-bond donors (Lipinski definition) is 2. The predicted octanol–water partition coefficient (Wildman–Crippen LogP) is 2.80. The highest BCUT2D eigenvalue weighted by Gasteiger charge is 2.20. The van der Waals surface area contributed by atoms with Crippen molar-refractivity contribution < 1.29 is 14.3 Å². The molecule has 1 fully saturated rings. The van der Waals surface area contributed by atoms with Crippen LogP contribution < -0.4 is 15.5 Å². The number of amides is 2. The lowest BCUT2D eigenvalue weighted by molar-refractivity contribution is -0.125. The van der Waals surface area contributed by atoms with Gasteiger partial charge in [0.2, 0.25) is 0 Å². The average Bonchev–Trinajstić information content (AvgIpc) is 3.51. The lowest BCUT2D eigenvalue weighted by Gasteiger charge is -2.26. The number of nitrogens with one attached hydrogen (secondary N) is 2. The molecule has 0 radical (unpaired) electrons. The van der Waals surface area contributed by atoms with Gasteiger partial charge in [0.15, 0.2) is 5.65 Å². The van der Waals surface area contributed by atoms with Crippen molar-refractivity contribution in [3.05, 3.63) is 59.4 Å². The zero-order chi connectivity index (χ0) is 22.6. The minimum atomic E-state index is -0.251. The quantitative estimate of drug-likeness (QED) is 0.452. The Bertz CT molecular complexity index is 1270. The van der Waals surface area contributed by atoms with Gasteiger partial charge in [-0.3, -0.25) is 14.3 Å². The number of carbonyl (C=O) groups is 2. The molecular formula is C22H21N7O3S. The van der Waals surface area contributed by atoms with E-state index in [1.807, 2.05) is 24.3 Å². The van der Waals surface area contributed by atoms with E-state index in [1.165, 1.54) is 10.9 Å². The number of carbonyl (C=O) groups excluding carboxylic acids is 2. The zero-order valence-electron chi connectivity index (χ0n) is 17.6. The first-order chi connectivity index (χ1) is 16.2. The first-order valence-electron chi connectivity index (χ1n) is 10.4. The molecule has 2 N–H and O–H groups in total. The first-order valence-corrected chi connectivity index (χ1v) is 11.3. The molecule has 3 aromatic heterocycles. The number of rotatable bonds is 6. The average molecular weight is 464 g/mol. The van der Waals surface area contributed by atoms with Crippen LogP contribution in [0.4, 0.5) is 22.0 Å². The van der Waals surface area contributed by atoms with Crippen LogP contribution in [0.1, 0.15) is 4.88 Å². The number of ether oxygens (including phenoxy) is 1. The van der Waals surface area contributed by atoms with Crippen molar-refractivity contribution >= 4 is 51.5 Å². The summed E-state index contributed by atoms with van der Waals surface area (Å²) in [5.74, 6) is 0.539. The minimum Gasteiger partial charge on any atom is -0.370 e. The van der Waals surface area contributed by atoms with Gasteiger partial charge in [0.25, 0.3) is 5.91 Å². The number of morpholine rings is 1. The van der Waals surface area contributed by atoms with Gasteiger partial charge in [-0.2, -0.15) is 0 Å². The molecule has 4 heterocycles. The summed E-state index contributed by atoms with van der Waals surface area (Å²) in [6.07, 6.45) is 5.63. The molecule has 168 valence electrons. The highest BCUT2D eigenvalue weighted by molar-refractivity contribution is 7.09. The summed E-state index contributed by atoms with van der Waals surface area (Å²) in [5, 5.41) is 6.90. The molecule has 4 aromatic rings. The van der Waals surface area contributed by atoms with Gasteiger partial charge in [0, 0.05) is 48.2 Å². The Morgan fingerprint density at radius 2 is 2.06 bits per heavy atom. The third kappa shape index (κ3) is 4.54. The normalized spacial score (nSPS) is 13.9. The number of aromatic nitrogens is 4. The molecule has 0 aliphatic carbocycles.